The molecule has 0 spiro atoms. The molecular weight excluding hydrogens is 192 g/mol. The second-order valence-corrected chi connectivity index (χ2v) is 3.45. The number of urea groups is 1. The monoisotopic (exact) mass is 205 g/mol. The van der Waals surface area contributed by atoms with Gasteiger partial charge in [-0.25, -0.2) is 4.79 Å². The minimum atomic E-state index is -0.203. The van der Waals surface area contributed by atoms with E-state index < -0.39 is 0 Å². The first-order valence-corrected chi connectivity index (χ1v) is 4.82. The first kappa shape index (κ1) is 9.83. The maximum absolute atomic E-state index is 11.3. The molecule has 1 aromatic rings. The predicted molar refractivity (Wildman–Crippen MR) is 55.8 cm³/mol. The van der Waals surface area contributed by atoms with Crippen molar-refractivity contribution in [3.8, 4) is 0 Å². The summed E-state index contributed by atoms with van der Waals surface area (Å²) in [5.74, 6) is 0.739. The van der Waals surface area contributed by atoms with Crippen LogP contribution in [0.2, 0.25) is 0 Å². The summed E-state index contributed by atoms with van der Waals surface area (Å²) in [7, 11) is 0. The van der Waals surface area contributed by atoms with Gasteiger partial charge in [0.1, 0.15) is 11.8 Å². The van der Waals surface area contributed by atoms with Crippen molar-refractivity contribution in [1.29, 1.82) is 0 Å². The molecule has 2 N–H and O–H groups in total. The number of nitrogens with one attached hydrogen (secondary N) is 2. The van der Waals surface area contributed by atoms with Crippen molar-refractivity contribution < 1.29 is 9.21 Å². The molecule has 1 unspecified atom stereocenters. The van der Waals surface area contributed by atoms with E-state index in [1.165, 1.54) is 0 Å². The highest BCUT2D eigenvalue weighted by molar-refractivity contribution is 5.78. The minimum Gasteiger partial charge on any atom is -0.467 e. The molecule has 4 heteroatoms. The highest BCUT2D eigenvalue weighted by atomic mass is 16.3. The topological polar surface area (TPSA) is 54.3 Å². The molecule has 15 heavy (non-hydrogen) atoms. The van der Waals surface area contributed by atoms with E-state index in [2.05, 4.69) is 17.6 Å². The van der Waals surface area contributed by atoms with E-state index >= 15 is 0 Å². The van der Waals surface area contributed by atoms with Crippen molar-refractivity contribution in [3.05, 3.63) is 42.4 Å². The lowest BCUT2D eigenvalue weighted by Crippen LogP contribution is -2.43. The third kappa shape index (κ3) is 1.75. The number of rotatable bonds is 2. The zero-order valence-corrected chi connectivity index (χ0v) is 8.54. The van der Waals surface area contributed by atoms with E-state index in [0.717, 1.165) is 17.0 Å². The van der Waals surface area contributed by atoms with Crippen molar-refractivity contribution in [2.24, 2.45) is 0 Å². The molecule has 2 rings (SSSR count). The molecular formula is C11H13N2O2. The van der Waals surface area contributed by atoms with Gasteiger partial charge in [-0.2, -0.15) is 0 Å². The first-order chi connectivity index (χ1) is 7.22. The average Bonchev–Trinajstić information content (AvgIpc) is 2.69. The third-order valence-electron chi connectivity index (χ3n) is 2.50. The van der Waals surface area contributed by atoms with Gasteiger partial charge in [0.15, 0.2) is 0 Å². The van der Waals surface area contributed by atoms with Crippen LogP contribution in [0.25, 0.3) is 0 Å². The molecule has 1 aliphatic heterocycles. The van der Waals surface area contributed by atoms with Gasteiger partial charge >= 0.3 is 6.03 Å². The minimum absolute atomic E-state index is 0.189. The Morgan fingerprint density at radius 3 is 3.00 bits per heavy atom. The zero-order chi connectivity index (χ0) is 10.8. The molecule has 0 aromatic carbocycles. The smallest absolute Gasteiger partial charge is 0.319 e. The second-order valence-electron chi connectivity index (χ2n) is 3.45. The molecule has 1 atom stereocenters. The molecule has 1 aromatic heterocycles. The van der Waals surface area contributed by atoms with Crippen LogP contribution < -0.4 is 10.6 Å². The molecule has 0 saturated carbocycles. The van der Waals surface area contributed by atoms with Crippen LogP contribution >= 0.6 is 0 Å². The average molecular weight is 205 g/mol. The molecule has 0 saturated heterocycles. The number of furan rings is 1. The summed E-state index contributed by atoms with van der Waals surface area (Å²) in [4.78, 5) is 11.3. The maximum Gasteiger partial charge on any atom is 0.319 e. The number of hydrogen-bond acceptors (Lipinski definition) is 2. The number of hydrogen-bond donors (Lipinski definition) is 2. The Bertz CT molecular complexity index is 393. The molecule has 2 heterocycles. The number of allylic oxidation sites excluding steroid dienone is 1. The van der Waals surface area contributed by atoms with Crippen molar-refractivity contribution in [1.82, 2.24) is 10.6 Å². The van der Waals surface area contributed by atoms with Crippen LogP contribution in [0.5, 0.6) is 0 Å². The highest BCUT2D eigenvalue weighted by Crippen LogP contribution is 2.28. The molecule has 0 fully saturated rings. The van der Waals surface area contributed by atoms with Gasteiger partial charge in [0.25, 0.3) is 0 Å². The van der Waals surface area contributed by atoms with Crippen LogP contribution in [0.3, 0.4) is 0 Å². The Labute approximate surface area is 88.3 Å². The lowest BCUT2D eigenvalue weighted by molar-refractivity contribution is 0.236. The van der Waals surface area contributed by atoms with Gasteiger partial charge in [0.2, 0.25) is 0 Å². The van der Waals surface area contributed by atoms with Crippen molar-refractivity contribution in [2.45, 2.75) is 19.4 Å². The SMILES string of the molecule is [CH2]CC1=C(C)NC(=O)NC1c1ccco1. The predicted octanol–water partition coefficient (Wildman–Crippen LogP) is 2.13. The van der Waals surface area contributed by atoms with Gasteiger partial charge in [-0.15, -0.1) is 0 Å². The Balaban J connectivity index is 2.37. The Morgan fingerprint density at radius 1 is 1.60 bits per heavy atom. The Morgan fingerprint density at radius 2 is 2.40 bits per heavy atom. The Hall–Kier alpha value is -1.71. The van der Waals surface area contributed by atoms with Gasteiger partial charge in [-0.05, 0) is 38.0 Å². The maximum atomic E-state index is 11.3. The molecule has 0 aliphatic carbocycles. The second kappa shape index (κ2) is 3.81. The molecule has 1 aliphatic rings. The van der Waals surface area contributed by atoms with Crippen molar-refractivity contribution in [3.63, 3.8) is 0 Å². The van der Waals surface area contributed by atoms with Crippen LogP contribution in [0.4, 0.5) is 4.79 Å². The lowest BCUT2D eigenvalue weighted by Gasteiger charge is -2.27. The quantitative estimate of drug-likeness (QED) is 0.777. The van der Waals surface area contributed by atoms with Crippen LogP contribution in [-0.2, 0) is 0 Å². The van der Waals surface area contributed by atoms with E-state index in [9.17, 15) is 4.79 Å². The molecule has 79 valence electrons. The molecule has 4 nitrogen and oxygen atoms in total. The van der Waals surface area contributed by atoms with Gasteiger partial charge in [-0.3, -0.25) is 0 Å². The summed E-state index contributed by atoms with van der Waals surface area (Å²) in [6.07, 6.45) is 2.23. The first-order valence-electron chi connectivity index (χ1n) is 4.82. The number of amides is 2. The van der Waals surface area contributed by atoms with Crippen LogP contribution in [0.15, 0.2) is 34.1 Å². The Kier molecular flexibility index (Phi) is 2.49. The highest BCUT2D eigenvalue weighted by Gasteiger charge is 2.26. The van der Waals surface area contributed by atoms with Gasteiger partial charge < -0.3 is 15.1 Å². The molecule has 2 amide bonds. The van der Waals surface area contributed by atoms with E-state index in [1.807, 2.05) is 13.0 Å². The zero-order valence-electron chi connectivity index (χ0n) is 8.54. The van der Waals surface area contributed by atoms with Crippen LogP contribution in [0.1, 0.15) is 25.1 Å². The van der Waals surface area contributed by atoms with Crippen molar-refractivity contribution in [2.75, 3.05) is 0 Å². The van der Waals surface area contributed by atoms with E-state index in [1.54, 1.807) is 12.3 Å². The fourth-order valence-corrected chi connectivity index (χ4v) is 1.75. The number of carbonyl (C=O) groups excluding carboxylic acids is 1. The van der Waals surface area contributed by atoms with Crippen LogP contribution in [-0.4, -0.2) is 6.03 Å². The molecule has 1 radical (unpaired) electrons. The third-order valence-corrected chi connectivity index (χ3v) is 2.50. The standard InChI is InChI=1S/C11H13N2O2/c1-3-8-7(2)12-11(14)13-10(8)9-5-4-6-15-9/h4-6,10H,1,3H2,2H3,(H2,12,13,14). The summed E-state index contributed by atoms with van der Waals surface area (Å²) in [6.45, 7) is 5.72. The van der Waals surface area contributed by atoms with Gasteiger partial charge in [-0.1, -0.05) is 0 Å². The largest absolute Gasteiger partial charge is 0.467 e. The summed E-state index contributed by atoms with van der Waals surface area (Å²) in [5.41, 5.74) is 1.90. The fraction of sp³-hybridized carbons (Fsp3) is 0.273. The summed E-state index contributed by atoms with van der Waals surface area (Å²) in [5, 5.41) is 5.53. The normalized spacial score (nSPS) is 21.2. The lowest BCUT2D eigenvalue weighted by atomic mass is 9.98. The van der Waals surface area contributed by atoms with Gasteiger partial charge in [0.05, 0.1) is 6.26 Å². The summed E-state index contributed by atoms with van der Waals surface area (Å²) < 4.78 is 5.30. The van der Waals surface area contributed by atoms with Gasteiger partial charge in [0, 0.05) is 5.70 Å². The summed E-state index contributed by atoms with van der Waals surface area (Å²) >= 11 is 0. The van der Waals surface area contributed by atoms with Crippen molar-refractivity contribution >= 4 is 6.03 Å². The molecule has 0 bridgehead atoms. The van der Waals surface area contributed by atoms with E-state index in [-0.39, 0.29) is 12.1 Å². The summed E-state index contributed by atoms with van der Waals surface area (Å²) in [6, 6.07) is 3.26. The van der Waals surface area contributed by atoms with Crippen LogP contribution in [0, 0.1) is 6.92 Å². The fourth-order valence-electron chi connectivity index (χ4n) is 1.75. The van der Waals surface area contributed by atoms with E-state index in [0.29, 0.717) is 6.42 Å². The van der Waals surface area contributed by atoms with E-state index in [4.69, 9.17) is 4.42 Å². The number of carbonyl (C=O) groups is 1.